The van der Waals surface area contributed by atoms with Gasteiger partial charge in [-0.15, -0.1) is 0 Å². The number of aryl methyl sites for hydroxylation is 1. The van der Waals surface area contributed by atoms with E-state index in [0.717, 1.165) is 69.8 Å². The van der Waals surface area contributed by atoms with Crippen LogP contribution in [0.5, 0.6) is 0 Å². The molecule has 1 aromatic carbocycles. The number of benzene rings is 1. The molecule has 0 amide bonds. The first-order chi connectivity index (χ1) is 14.5. The van der Waals surface area contributed by atoms with Crippen LogP contribution in [0.25, 0.3) is 5.57 Å². The summed E-state index contributed by atoms with van der Waals surface area (Å²) in [7, 11) is 0. The lowest BCUT2D eigenvalue weighted by molar-refractivity contribution is 0.287. The fourth-order valence-electron chi connectivity index (χ4n) is 5.33. The van der Waals surface area contributed by atoms with E-state index in [1.54, 1.807) is 18.2 Å². The third-order valence-electron chi connectivity index (χ3n) is 7.42. The van der Waals surface area contributed by atoms with Crippen LogP contribution in [-0.2, 0) is 6.42 Å². The van der Waals surface area contributed by atoms with Gasteiger partial charge in [0, 0.05) is 11.5 Å². The standard InChI is InChI=1S/C27H33F3/c1-18-7-11-23(17-25(18)28)20-12-8-19(9-13-20)10-14-22-15-16-24(27(30)26(22)29)21-5-3-2-4-6-21/h5,11,15-20H,2-4,6-10,12-14H2,1H3. The third kappa shape index (κ3) is 4.76. The maximum absolute atomic E-state index is 14.7. The zero-order chi connectivity index (χ0) is 21.1. The molecule has 1 saturated carbocycles. The van der Waals surface area contributed by atoms with Crippen molar-refractivity contribution in [2.45, 2.75) is 77.6 Å². The van der Waals surface area contributed by atoms with E-state index >= 15 is 0 Å². The van der Waals surface area contributed by atoms with Crippen LogP contribution in [0.1, 0.15) is 82.3 Å². The topological polar surface area (TPSA) is 0 Å². The number of hydrogen-bond donors (Lipinski definition) is 0. The van der Waals surface area contributed by atoms with Gasteiger partial charge in [0.15, 0.2) is 11.6 Å². The SMILES string of the molecule is CC1CC=C(C2CCC(CCc3ccc(C4=CCCCC4)c(F)c3F)CC2)C=C1F. The minimum atomic E-state index is -0.670. The smallest absolute Gasteiger partial charge is 0.166 e. The van der Waals surface area contributed by atoms with Crippen molar-refractivity contribution in [2.24, 2.45) is 17.8 Å². The van der Waals surface area contributed by atoms with Crippen molar-refractivity contribution >= 4 is 5.57 Å². The van der Waals surface area contributed by atoms with Crippen molar-refractivity contribution < 1.29 is 13.2 Å². The lowest BCUT2D eigenvalue weighted by atomic mass is 9.75. The molecule has 0 saturated heterocycles. The van der Waals surface area contributed by atoms with Gasteiger partial charge in [-0.2, -0.15) is 0 Å². The van der Waals surface area contributed by atoms with Gasteiger partial charge in [-0.3, -0.25) is 0 Å². The highest BCUT2D eigenvalue weighted by atomic mass is 19.2. The molecule has 0 heterocycles. The van der Waals surface area contributed by atoms with Gasteiger partial charge in [0.05, 0.1) is 0 Å². The van der Waals surface area contributed by atoms with Crippen LogP contribution in [0.3, 0.4) is 0 Å². The van der Waals surface area contributed by atoms with E-state index < -0.39 is 11.6 Å². The van der Waals surface area contributed by atoms with Crippen LogP contribution in [0.2, 0.25) is 0 Å². The predicted molar refractivity (Wildman–Crippen MR) is 118 cm³/mol. The molecule has 3 aliphatic carbocycles. The molecular formula is C27H33F3. The first kappa shape index (κ1) is 21.5. The Bertz CT molecular complexity index is 853. The minimum absolute atomic E-state index is 0.0135. The Morgan fingerprint density at radius 3 is 2.43 bits per heavy atom. The van der Waals surface area contributed by atoms with Crippen molar-refractivity contribution in [3.05, 3.63) is 64.5 Å². The normalized spacial score (nSPS) is 27.3. The molecule has 0 spiro atoms. The molecule has 0 nitrogen and oxygen atoms in total. The summed E-state index contributed by atoms with van der Waals surface area (Å²) in [6, 6.07) is 3.57. The minimum Gasteiger partial charge on any atom is -0.212 e. The molecule has 1 fully saturated rings. The van der Waals surface area contributed by atoms with Crippen LogP contribution >= 0.6 is 0 Å². The highest BCUT2D eigenvalue weighted by Gasteiger charge is 2.26. The number of allylic oxidation sites excluding steroid dienone is 6. The van der Waals surface area contributed by atoms with Gasteiger partial charge >= 0.3 is 0 Å². The second-order valence-electron chi connectivity index (χ2n) is 9.50. The highest BCUT2D eigenvalue weighted by molar-refractivity contribution is 5.67. The van der Waals surface area contributed by atoms with Crippen LogP contribution in [0.4, 0.5) is 13.2 Å². The maximum Gasteiger partial charge on any atom is 0.166 e. The first-order valence-electron chi connectivity index (χ1n) is 11.8. The van der Waals surface area contributed by atoms with E-state index in [4.69, 9.17) is 0 Å². The van der Waals surface area contributed by atoms with E-state index in [0.29, 0.717) is 29.4 Å². The molecule has 3 aliphatic rings. The summed E-state index contributed by atoms with van der Waals surface area (Å²) in [6.45, 7) is 1.93. The largest absolute Gasteiger partial charge is 0.212 e. The lowest BCUT2D eigenvalue weighted by Gasteiger charge is -2.31. The molecule has 3 heteroatoms. The van der Waals surface area contributed by atoms with Gasteiger partial charge < -0.3 is 0 Å². The molecule has 0 aliphatic heterocycles. The molecule has 162 valence electrons. The predicted octanol–water partition coefficient (Wildman–Crippen LogP) is 8.48. The summed E-state index contributed by atoms with van der Waals surface area (Å²) in [5, 5.41) is 0. The number of rotatable bonds is 5. The Labute approximate surface area is 179 Å². The maximum atomic E-state index is 14.7. The van der Waals surface area contributed by atoms with E-state index in [2.05, 4.69) is 12.2 Å². The van der Waals surface area contributed by atoms with Crippen molar-refractivity contribution in [1.82, 2.24) is 0 Å². The summed E-state index contributed by atoms with van der Waals surface area (Å²) in [5.41, 5.74) is 3.08. The molecule has 1 aromatic rings. The van der Waals surface area contributed by atoms with Gasteiger partial charge in [-0.1, -0.05) is 31.2 Å². The molecule has 1 unspecified atom stereocenters. The lowest BCUT2D eigenvalue weighted by Crippen LogP contribution is -2.18. The van der Waals surface area contributed by atoms with Crippen LogP contribution in [-0.4, -0.2) is 0 Å². The molecule has 4 rings (SSSR count). The van der Waals surface area contributed by atoms with Crippen molar-refractivity contribution in [2.75, 3.05) is 0 Å². The van der Waals surface area contributed by atoms with Crippen molar-refractivity contribution in [3.8, 4) is 0 Å². The molecule has 1 atom stereocenters. The molecule has 0 aromatic heterocycles. The fourth-order valence-corrected chi connectivity index (χ4v) is 5.33. The van der Waals surface area contributed by atoms with Crippen LogP contribution in [0, 0.1) is 29.4 Å². The Morgan fingerprint density at radius 1 is 0.933 bits per heavy atom. The highest BCUT2D eigenvalue weighted by Crippen LogP contribution is 2.39. The van der Waals surface area contributed by atoms with Gasteiger partial charge in [-0.25, -0.2) is 13.2 Å². The van der Waals surface area contributed by atoms with Gasteiger partial charge in [0.25, 0.3) is 0 Å². The summed E-state index contributed by atoms with van der Waals surface area (Å²) < 4.78 is 43.3. The molecule has 0 radical (unpaired) electrons. The van der Waals surface area contributed by atoms with Crippen LogP contribution in [0.15, 0.2) is 41.8 Å². The first-order valence-corrected chi connectivity index (χ1v) is 11.8. The Kier molecular flexibility index (Phi) is 6.85. The zero-order valence-corrected chi connectivity index (χ0v) is 18.0. The van der Waals surface area contributed by atoms with Gasteiger partial charge in [0.1, 0.15) is 5.83 Å². The Hall–Kier alpha value is -1.77. The molecule has 0 bridgehead atoms. The van der Waals surface area contributed by atoms with Gasteiger partial charge in [-0.05, 0) is 105 Å². The summed E-state index contributed by atoms with van der Waals surface area (Å²) in [5.74, 6) is -0.301. The summed E-state index contributed by atoms with van der Waals surface area (Å²) >= 11 is 0. The van der Waals surface area contributed by atoms with Crippen molar-refractivity contribution in [1.29, 1.82) is 0 Å². The Morgan fingerprint density at radius 2 is 1.73 bits per heavy atom. The zero-order valence-electron chi connectivity index (χ0n) is 18.0. The fraction of sp³-hybridized carbons (Fsp3) is 0.556. The number of halogens is 3. The Balaban J connectivity index is 1.32. The van der Waals surface area contributed by atoms with E-state index in [9.17, 15) is 13.2 Å². The van der Waals surface area contributed by atoms with E-state index in [1.165, 1.54) is 5.57 Å². The molecular weight excluding hydrogens is 381 g/mol. The van der Waals surface area contributed by atoms with Gasteiger partial charge in [0.2, 0.25) is 0 Å². The second-order valence-corrected chi connectivity index (χ2v) is 9.50. The third-order valence-corrected chi connectivity index (χ3v) is 7.42. The average Bonchev–Trinajstić information content (AvgIpc) is 2.78. The molecule has 0 N–H and O–H groups in total. The van der Waals surface area contributed by atoms with Crippen molar-refractivity contribution in [3.63, 3.8) is 0 Å². The number of hydrogen-bond acceptors (Lipinski definition) is 0. The van der Waals surface area contributed by atoms with E-state index in [1.807, 2.05) is 6.92 Å². The van der Waals surface area contributed by atoms with E-state index in [-0.39, 0.29) is 11.7 Å². The second kappa shape index (κ2) is 9.58. The quantitative estimate of drug-likeness (QED) is 0.453. The average molecular weight is 415 g/mol. The molecule has 30 heavy (non-hydrogen) atoms. The summed E-state index contributed by atoms with van der Waals surface area (Å²) in [6.07, 6.45) is 16.6. The summed E-state index contributed by atoms with van der Waals surface area (Å²) in [4.78, 5) is 0. The monoisotopic (exact) mass is 414 g/mol. The van der Waals surface area contributed by atoms with Crippen LogP contribution < -0.4 is 0 Å².